The minimum Gasteiger partial charge on any atom is -0.449 e. The third kappa shape index (κ3) is 3.47. The maximum absolute atomic E-state index is 12.0. The summed E-state index contributed by atoms with van der Waals surface area (Å²) >= 11 is 5.96. The summed E-state index contributed by atoms with van der Waals surface area (Å²) in [5, 5.41) is 0.631. The number of aliphatic imine (C=N–C) groups is 1. The summed E-state index contributed by atoms with van der Waals surface area (Å²) in [7, 11) is 0. The first-order valence-electron chi connectivity index (χ1n) is 6.47. The molecule has 4 nitrogen and oxygen atoms in total. The maximum atomic E-state index is 12.0. The van der Waals surface area contributed by atoms with Gasteiger partial charge in [-0.15, -0.1) is 0 Å². The van der Waals surface area contributed by atoms with Crippen LogP contribution in [0, 0.1) is 0 Å². The van der Waals surface area contributed by atoms with Crippen LogP contribution in [0.25, 0.3) is 0 Å². The highest BCUT2D eigenvalue weighted by atomic mass is 35.5. The topological polar surface area (TPSA) is 41.9 Å². The van der Waals surface area contributed by atoms with E-state index in [-0.39, 0.29) is 6.09 Å². The fourth-order valence-corrected chi connectivity index (χ4v) is 2.07. The number of hydrogen-bond acceptors (Lipinski definition) is 3. The fourth-order valence-electron chi connectivity index (χ4n) is 1.88. The Labute approximate surface area is 118 Å². The Morgan fingerprint density at radius 1 is 1.53 bits per heavy atom. The van der Waals surface area contributed by atoms with Crippen LogP contribution in [0.1, 0.15) is 25.3 Å². The monoisotopic (exact) mass is 280 g/mol. The molecule has 0 atom stereocenters. The highest BCUT2D eigenvalue weighted by Gasteiger charge is 2.25. The highest BCUT2D eigenvalue weighted by molar-refractivity contribution is 6.31. The van der Waals surface area contributed by atoms with Crippen LogP contribution < -0.4 is 0 Å². The molecule has 1 amide bonds. The van der Waals surface area contributed by atoms with Gasteiger partial charge in [-0.25, -0.2) is 4.79 Å². The highest BCUT2D eigenvalue weighted by Crippen LogP contribution is 2.17. The molecule has 1 aromatic rings. The minimum atomic E-state index is -0.329. The van der Waals surface area contributed by atoms with Crippen molar-refractivity contribution in [3.63, 3.8) is 0 Å². The van der Waals surface area contributed by atoms with Gasteiger partial charge in [-0.05, 0) is 18.6 Å². The number of nitrogens with zero attached hydrogens (tertiary/aromatic N) is 2. The van der Waals surface area contributed by atoms with Crippen molar-refractivity contribution in [3.8, 4) is 0 Å². The third-order valence-electron chi connectivity index (χ3n) is 2.87. The van der Waals surface area contributed by atoms with Gasteiger partial charge in [0.15, 0.2) is 0 Å². The van der Waals surface area contributed by atoms with Crippen LogP contribution in [0.2, 0.25) is 5.02 Å². The van der Waals surface area contributed by atoms with Crippen molar-refractivity contribution in [2.24, 2.45) is 4.99 Å². The van der Waals surface area contributed by atoms with Gasteiger partial charge in [0.05, 0.1) is 19.7 Å². The Kier molecular flexibility index (Phi) is 4.80. The Hall–Kier alpha value is -1.55. The van der Waals surface area contributed by atoms with Crippen molar-refractivity contribution in [1.82, 2.24) is 4.90 Å². The van der Waals surface area contributed by atoms with Gasteiger partial charge in [0, 0.05) is 10.6 Å². The van der Waals surface area contributed by atoms with Crippen LogP contribution in [-0.4, -0.2) is 36.5 Å². The lowest BCUT2D eigenvalue weighted by Crippen LogP contribution is -2.35. The summed E-state index contributed by atoms with van der Waals surface area (Å²) in [4.78, 5) is 17.9. The Balaban J connectivity index is 2.06. The molecule has 0 aliphatic carbocycles. The van der Waals surface area contributed by atoms with Crippen molar-refractivity contribution in [2.75, 3.05) is 19.7 Å². The van der Waals surface area contributed by atoms with Crippen LogP contribution in [0.15, 0.2) is 29.3 Å². The maximum Gasteiger partial charge on any atom is 0.415 e. The molecule has 1 aliphatic rings. The largest absolute Gasteiger partial charge is 0.449 e. The molecule has 0 saturated heterocycles. The lowest BCUT2D eigenvalue weighted by molar-refractivity contribution is 0.123. The minimum absolute atomic E-state index is 0.329. The Morgan fingerprint density at radius 3 is 3.11 bits per heavy atom. The predicted octanol–water partition coefficient (Wildman–Crippen LogP) is 3.34. The molecule has 0 bridgehead atoms. The molecule has 5 heteroatoms. The van der Waals surface area contributed by atoms with Crippen molar-refractivity contribution >= 4 is 23.5 Å². The third-order valence-corrected chi connectivity index (χ3v) is 3.10. The van der Waals surface area contributed by atoms with Gasteiger partial charge >= 0.3 is 6.09 Å². The first-order valence-corrected chi connectivity index (χ1v) is 6.85. The number of amidine groups is 1. The molecule has 1 heterocycles. The summed E-state index contributed by atoms with van der Waals surface area (Å²) in [6.07, 6.45) is 1.55. The van der Waals surface area contributed by atoms with E-state index in [1.807, 2.05) is 12.1 Å². The van der Waals surface area contributed by atoms with E-state index in [0.29, 0.717) is 30.6 Å². The average Bonchev–Trinajstić information content (AvgIpc) is 2.88. The Morgan fingerprint density at radius 2 is 2.37 bits per heavy atom. The summed E-state index contributed by atoms with van der Waals surface area (Å²) in [5.74, 6) is 0.643. The molecule has 0 N–H and O–H groups in total. The van der Waals surface area contributed by atoms with E-state index < -0.39 is 0 Å². The summed E-state index contributed by atoms with van der Waals surface area (Å²) in [6, 6.07) is 7.34. The predicted molar refractivity (Wildman–Crippen MR) is 75.8 cm³/mol. The van der Waals surface area contributed by atoms with Crippen LogP contribution in [-0.2, 0) is 4.74 Å². The van der Waals surface area contributed by atoms with Crippen LogP contribution in [0.4, 0.5) is 4.79 Å². The summed E-state index contributed by atoms with van der Waals surface area (Å²) < 4.78 is 5.22. The van der Waals surface area contributed by atoms with Crippen molar-refractivity contribution in [3.05, 3.63) is 34.9 Å². The number of ether oxygens (including phenoxy) is 1. The molecule has 2 rings (SSSR count). The van der Waals surface area contributed by atoms with Crippen molar-refractivity contribution < 1.29 is 9.53 Å². The molecule has 0 unspecified atom stereocenters. The van der Waals surface area contributed by atoms with Gasteiger partial charge in [0.1, 0.15) is 5.84 Å². The number of unbranched alkanes of at least 4 members (excludes halogenated alkanes) is 1. The van der Waals surface area contributed by atoms with E-state index >= 15 is 0 Å². The van der Waals surface area contributed by atoms with E-state index in [1.165, 1.54) is 0 Å². The van der Waals surface area contributed by atoms with Crippen LogP contribution in [0.3, 0.4) is 0 Å². The molecule has 0 radical (unpaired) electrons. The standard InChI is InChI=1S/C14H17ClN2O2/c1-2-3-9-19-14(18)17-8-7-16-13(17)11-5-4-6-12(15)10-11/h4-6,10H,2-3,7-9H2,1H3. The molecule has 0 fully saturated rings. The van der Waals surface area contributed by atoms with Gasteiger partial charge in [0.25, 0.3) is 0 Å². The fraction of sp³-hybridized carbons (Fsp3) is 0.429. The number of carbonyl (C=O) groups excluding carboxylic acids is 1. The van der Waals surface area contributed by atoms with E-state index in [1.54, 1.807) is 17.0 Å². The zero-order valence-electron chi connectivity index (χ0n) is 10.9. The molecule has 1 aromatic carbocycles. The van der Waals surface area contributed by atoms with Crippen LogP contribution in [0.5, 0.6) is 0 Å². The Bertz CT molecular complexity index is 488. The second-order valence-electron chi connectivity index (χ2n) is 4.34. The second kappa shape index (κ2) is 6.57. The smallest absolute Gasteiger partial charge is 0.415 e. The molecule has 1 aliphatic heterocycles. The van der Waals surface area contributed by atoms with E-state index in [9.17, 15) is 4.79 Å². The lowest BCUT2D eigenvalue weighted by atomic mass is 10.2. The molecular formula is C14H17ClN2O2. The van der Waals surface area contributed by atoms with Gasteiger partial charge in [-0.1, -0.05) is 37.1 Å². The normalized spacial score (nSPS) is 14.4. The second-order valence-corrected chi connectivity index (χ2v) is 4.77. The van der Waals surface area contributed by atoms with Gasteiger partial charge in [0.2, 0.25) is 0 Å². The molecular weight excluding hydrogens is 264 g/mol. The van der Waals surface area contributed by atoms with Crippen molar-refractivity contribution in [2.45, 2.75) is 19.8 Å². The number of rotatable bonds is 4. The molecule has 102 valence electrons. The van der Waals surface area contributed by atoms with Gasteiger partial charge < -0.3 is 4.74 Å². The van der Waals surface area contributed by atoms with Gasteiger partial charge in [-0.3, -0.25) is 9.89 Å². The quantitative estimate of drug-likeness (QED) is 0.794. The zero-order chi connectivity index (χ0) is 13.7. The molecule has 0 saturated carbocycles. The first kappa shape index (κ1) is 13.9. The average molecular weight is 281 g/mol. The molecule has 0 spiro atoms. The molecule has 19 heavy (non-hydrogen) atoms. The number of halogens is 1. The number of hydrogen-bond donors (Lipinski definition) is 0. The van der Waals surface area contributed by atoms with Crippen molar-refractivity contribution in [1.29, 1.82) is 0 Å². The first-order chi connectivity index (χ1) is 9.22. The van der Waals surface area contributed by atoms with E-state index in [4.69, 9.17) is 16.3 Å². The van der Waals surface area contributed by atoms with E-state index in [2.05, 4.69) is 11.9 Å². The summed E-state index contributed by atoms with van der Waals surface area (Å²) in [6.45, 7) is 3.68. The SMILES string of the molecule is CCCCOC(=O)N1CCN=C1c1cccc(Cl)c1. The van der Waals surface area contributed by atoms with E-state index in [0.717, 1.165) is 18.4 Å². The van der Waals surface area contributed by atoms with Gasteiger partial charge in [-0.2, -0.15) is 0 Å². The zero-order valence-corrected chi connectivity index (χ0v) is 11.7. The summed E-state index contributed by atoms with van der Waals surface area (Å²) in [5.41, 5.74) is 0.845. The number of amides is 1. The molecule has 0 aromatic heterocycles. The number of benzene rings is 1. The lowest BCUT2D eigenvalue weighted by Gasteiger charge is -2.18. The number of carbonyl (C=O) groups is 1. The van der Waals surface area contributed by atoms with Crippen LogP contribution >= 0.6 is 11.6 Å².